The minimum atomic E-state index is -0.631. The van der Waals surface area contributed by atoms with Gasteiger partial charge in [-0.15, -0.1) is 0 Å². The number of hydrogen-bond donors (Lipinski definition) is 0. The lowest BCUT2D eigenvalue weighted by Gasteiger charge is -2.22. The number of nitrogens with zero attached hydrogens (tertiary/aromatic N) is 1. The number of amides is 1. The van der Waals surface area contributed by atoms with Crippen LogP contribution in [0, 0.1) is 11.8 Å². The molecule has 2 bridgehead atoms. The molecular weight excluding hydrogens is 262 g/mol. The van der Waals surface area contributed by atoms with Crippen LogP contribution in [0.1, 0.15) is 6.42 Å². The second kappa shape index (κ2) is 4.86. The first-order valence-corrected chi connectivity index (χ1v) is 6.86. The van der Waals surface area contributed by atoms with Gasteiger partial charge in [0.2, 0.25) is 5.91 Å². The van der Waals surface area contributed by atoms with E-state index in [0.717, 1.165) is 6.42 Å². The lowest BCUT2D eigenvalue weighted by atomic mass is 9.77. The van der Waals surface area contributed by atoms with E-state index in [2.05, 4.69) is 0 Å². The highest BCUT2D eigenvalue weighted by atomic mass is 16.5. The fourth-order valence-electron chi connectivity index (χ4n) is 3.57. The van der Waals surface area contributed by atoms with Crippen LogP contribution in [0.5, 0.6) is 0 Å². The van der Waals surface area contributed by atoms with Crippen molar-refractivity contribution in [3.05, 3.63) is 12.2 Å². The topological polar surface area (TPSA) is 65.1 Å². The van der Waals surface area contributed by atoms with Crippen LogP contribution in [0.3, 0.4) is 0 Å². The van der Waals surface area contributed by atoms with Gasteiger partial charge in [-0.3, -0.25) is 9.59 Å². The van der Waals surface area contributed by atoms with E-state index in [1.165, 1.54) is 7.11 Å². The Morgan fingerprint density at radius 2 is 2.35 bits per heavy atom. The Balaban J connectivity index is 1.79. The summed E-state index contributed by atoms with van der Waals surface area (Å²) in [7, 11) is 2.99. The first-order valence-electron chi connectivity index (χ1n) is 6.86. The molecule has 1 spiro atoms. The van der Waals surface area contributed by atoms with E-state index in [9.17, 15) is 9.59 Å². The normalized spacial score (nSPS) is 37.6. The summed E-state index contributed by atoms with van der Waals surface area (Å²) in [6, 6.07) is 0. The Labute approximate surface area is 117 Å². The number of fused-ring (bicyclic) bond motifs is 1. The maximum absolute atomic E-state index is 12.6. The first-order chi connectivity index (χ1) is 9.63. The third kappa shape index (κ3) is 1.78. The second-order valence-corrected chi connectivity index (χ2v) is 5.53. The van der Waals surface area contributed by atoms with Crippen molar-refractivity contribution in [1.29, 1.82) is 0 Å². The first kappa shape index (κ1) is 13.6. The highest BCUT2D eigenvalue weighted by molar-refractivity contribution is 5.91. The van der Waals surface area contributed by atoms with E-state index < -0.39 is 17.4 Å². The molecule has 0 aromatic rings. The number of rotatable bonds is 5. The standard InChI is InChI=1S/C14H19NO5/c1-18-7-3-6-15-8-14-5-4-9(20-14)10(13(17)19-2)11(14)12(15)16/h4-5,9-11H,3,6-8H2,1-2H3/t9-,10?,11+,14-/m1/s1. The zero-order chi connectivity index (χ0) is 14.3. The fourth-order valence-corrected chi connectivity index (χ4v) is 3.57. The third-order valence-electron chi connectivity index (χ3n) is 4.43. The molecular formula is C14H19NO5. The highest BCUT2D eigenvalue weighted by Gasteiger charge is 2.67. The molecule has 0 radical (unpaired) electrons. The van der Waals surface area contributed by atoms with Gasteiger partial charge in [0.25, 0.3) is 0 Å². The van der Waals surface area contributed by atoms with Crippen LogP contribution < -0.4 is 0 Å². The molecule has 2 saturated heterocycles. The number of hydrogen-bond acceptors (Lipinski definition) is 5. The number of esters is 1. The molecule has 0 aliphatic carbocycles. The number of methoxy groups -OCH3 is 2. The van der Waals surface area contributed by atoms with Crippen molar-refractivity contribution in [2.24, 2.45) is 11.8 Å². The molecule has 1 amide bonds. The Bertz CT molecular complexity index is 462. The summed E-state index contributed by atoms with van der Waals surface area (Å²) in [5.74, 6) is -1.32. The van der Waals surface area contributed by atoms with Crippen LogP contribution in [0.15, 0.2) is 12.2 Å². The molecule has 3 heterocycles. The summed E-state index contributed by atoms with van der Waals surface area (Å²) < 4.78 is 15.8. The maximum Gasteiger partial charge on any atom is 0.312 e. The van der Waals surface area contributed by atoms with Gasteiger partial charge in [-0.05, 0) is 6.42 Å². The van der Waals surface area contributed by atoms with Crippen molar-refractivity contribution in [3.8, 4) is 0 Å². The summed E-state index contributed by atoms with van der Waals surface area (Å²) in [5, 5.41) is 0. The van der Waals surface area contributed by atoms with Crippen molar-refractivity contribution in [2.75, 3.05) is 33.9 Å². The van der Waals surface area contributed by atoms with E-state index in [0.29, 0.717) is 19.7 Å². The second-order valence-electron chi connectivity index (χ2n) is 5.53. The Kier molecular flexibility index (Phi) is 3.30. The average Bonchev–Trinajstić information content (AvgIpc) is 3.07. The summed E-state index contributed by atoms with van der Waals surface area (Å²) in [5.41, 5.74) is -0.631. The lowest BCUT2D eigenvalue weighted by Crippen LogP contribution is -2.39. The smallest absolute Gasteiger partial charge is 0.312 e. The van der Waals surface area contributed by atoms with Crippen LogP contribution in [-0.2, 0) is 23.8 Å². The maximum atomic E-state index is 12.6. The van der Waals surface area contributed by atoms with E-state index in [1.54, 1.807) is 12.0 Å². The van der Waals surface area contributed by atoms with Crippen molar-refractivity contribution in [3.63, 3.8) is 0 Å². The molecule has 2 fully saturated rings. The molecule has 1 unspecified atom stereocenters. The zero-order valence-corrected chi connectivity index (χ0v) is 11.7. The van der Waals surface area contributed by atoms with E-state index in [4.69, 9.17) is 14.2 Å². The molecule has 20 heavy (non-hydrogen) atoms. The molecule has 3 aliphatic heterocycles. The van der Waals surface area contributed by atoms with E-state index in [1.807, 2.05) is 12.2 Å². The van der Waals surface area contributed by atoms with Crippen molar-refractivity contribution < 1.29 is 23.8 Å². The summed E-state index contributed by atoms with van der Waals surface area (Å²) in [4.78, 5) is 26.3. The number of ether oxygens (including phenoxy) is 3. The van der Waals surface area contributed by atoms with Gasteiger partial charge in [0.05, 0.1) is 25.7 Å². The summed E-state index contributed by atoms with van der Waals surface area (Å²) in [6.45, 7) is 1.75. The molecule has 0 saturated carbocycles. The minimum absolute atomic E-state index is 0.0108. The quantitative estimate of drug-likeness (QED) is 0.402. The van der Waals surface area contributed by atoms with Crippen LogP contribution in [0.25, 0.3) is 0 Å². The Morgan fingerprint density at radius 1 is 1.55 bits per heavy atom. The molecule has 110 valence electrons. The van der Waals surface area contributed by atoms with Gasteiger partial charge in [0, 0.05) is 20.3 Å². The van der Waals surface area contributed by atoms with Gasteiger partial charge >= 0.3 is 5.97 Å². The minimum Gasteiger partial charge on any atom is -0.469 e. The van der Waals surface area contributed by atoms with Crippen LogP contribution in [-0.4, -0.2) is 62.4 Å². The molecule has 3 rings (SSSR count). The Morgan fingerprint density at radius 3 is 3.05 bits per heavy atom. The van der Waals surface area contributed by atoms with Crippen molar-refractivity contribution in [2.45, 2.75) is 18.1 Å². The van der Waals surface area contributed by atoms with Crippen LogP contribution in [0.4, 0.5) is 0 Å². The van der Waals surface area contributed by atoms with Gasteiger partial charge in [-0.2, -0.15) is 0 Å². The molecule has 0 aromatic heterocycles. The van der Waals surface area contributed by atoms with Gasteiger partial charge < -0.3 is 19.1 Å². The van der Waals surface area contributed by atoms with E-state index in [-0.39, 0.29) is 18.0 Å². The number of carbonyl (C=O) groups is 2. The molecule has 6 nitrogen and oxygen atoms in total. The SMILES string of the molecule is COCCCN1C[C@@]23C=C[C@@H](O2)C(C(=O)OC)[C@H]3C1=O. The van der Waals surface area contributed by atoms with Crippen molar-refractivity contribution >= 4 is 11.9 Å². The molecule has 0 N–H and O–H groups in total. The van der Waals surface area contributed by atoms with Gasteiger partial charge in [0.15, 0.2) is 0 Å². The molecule has 4 atom stereocenters. The number of likely N-dealkylation sites (tertiary alicyclic amines) is 1. The third-order valence-corrected chi connectivity index (χ3v) is 4.43. The van der Waals surface area contributed by atoms with Crippen LogP contribution in [0.2, 0.25) is 0 Å². The van der Waals surface area contributed by atoms with Crippen molar-refractivity contribution in [1.82, 2.24) is 4.90 Å². The highest BCUT2D eigenvalue weighted by Crippen LogP contribution is 2.52. The molecule has 6 heteroatoms. The fraction of sp³-hybridized carbons (Fsp3) is 0.714. The molecule has 3 aliphatic rings. The van der Waals surface area contributed by atoms with Gasteiger partial charge in [0.1, 0.15) is 11.5 Å². The van der Waals surface area contributed by atoms with Gasteiger partial charge in [-0.1, -0.05) is 12.2 Å². The number of carbonyl (C=O) groups excluding carboxylic acids is 2. The summed E-state index contributed by atoms with van der Waals surface area (Å²) >= 11 is 0. The largest absolute Gasteiger partial charge is 0.469 e. The average molecular weight is 281 g/mol. The predicted octanol–water partition coefficient (Wildman–Crippen LogP) is -0.0221. The summed E-state index contributed by atoms with van der Waals surface area (Å²) in [6.07, 6.45) is 4.28. The zero-order valence-electron chi connectivity index (χ0n) is 11.7. The molecule has 0 aromatic carbocycles. The Hall–Kier alpha value is -1.40. The van der Waals surface area contributed by atoms with Gasteiger partial charge in [-0.25, -0.2) is 0 Å². The predicted molar refractivity (Wildman–Crippen MR) is 68.8 cm³/mol. The van der Waals surface area contributed by atoms with Crippen LogP contribution >= 0.6 is 0 Å². The monoisotopic (exact) mass is 281 g/mol. The van der Waals surface area contributed by atoms with E-state index >= 15 is 0 Å². The lowest BCUT2D eigenvalue weighted by molar-refractivity contribution is -0.151.